The molecule has 82 valence electrons. The summed E-state index contributed by atoms with van der Waals surface area (Å²) in [5.41, 5.74) is -0.0392. The predicted molar refractivity (Wildman–Crippen MR) is 59.3 cm³/mol. The van der Waals surface area contributed by atoms with Gasteiger partial charge in [-0.25, -0.2) is 0 Å². The molecule has 0 aromatic heterocycles. The van der Waals surface area contributed by atoms with Crippen molar-refractivity contribution >= 4 is 5.78 Å². The molecule has 1 saturated heterocycles. The maximum atomic E-state index is 12.1. The van der Waals surface area contributed by atoms with Gasteiger partial charge in [-0.15, -0.1) is 0 Å². The molecule has 0 aromatic carbocycles. The molecule has 1 N–H and O–H groups in total. The van der Waals surface area contributed by atoms with Crippen LogP contribution >= 0.6 is 0 Å². The molecular formula is C12H23NO. The molecule has 14 heavy (non-hydrogen) atoms. The second-order valence-electron chi connectivity index (χ2n) is 4.94. The quantitative estimate of drug-likeness (QED) is 0.749. The molecule has 2 heteroatoms. The van der Waals surface area contributed by atoms with E-state index < -0.39 is 0 Å². The van der Waals surface area contributed by atoms with Gasteiger partial charge in [0.15, 0.2) is 0 Å². The molecule has 1 aliphatic heterocycles. The molecule has 0 bridgehead atoms. The Hall–Kier alpha value is -0.370. The Labute approximate surface area is 87.5 Å². The Morgan fingerprint density at radius 1 is 1.50 bits per heavy atom. The molecule has 0 aromatic rings. The molecule has 2 nitrogen and oxygen atoms in total. The Balaban J connectivity index is 2.62. The third-order valence-corrected chi connectivity index (χ3v) is 3.33. The fourth-order valence-corrected chi connectivity index (χ4v) is 2.29. The number of piperidine rings is 1. The van der Waals surface area contributed by atoms with E-state index in [4.69, 9.17) is 0 Å². The van der Waals surface area contributed by atoms with Gasteiger partial charge in [-0.1, -0.05) is 20.8 Å². The van der Waals surface area contributed by atoms with Gasteiger partial charge in [-0.2, -0.15) is 0 Å². The van der Waals surface area contributed by atoms with Crippen molar-refractivity contribution < 1.29 is 4.79 Å². The van der Waals surface area contributed by atoms with Crippen LogP contribution in [0.25, 0.3) is 0 Å². The van der Waals surface area contributed by atoms with E-state index in [1.807, 2.05) is 0 Å². The Bertz CT molecular complexity index is 192. The fourth-order valence-electron chi connectivity index (χ4n) is 2.29. The number of hydrogen-bond donors (Lipinski definition) is 1. The topological polar surface area (TPSA) is 29.1 Å². The van der Waals surface area contributed by atoms with Crippen LogP contribution in [0.1, 0.15) is 46.5 Å². The Morgan fingerprint density at radius 3 is 2.64 bits per heavy atom. The summed E-state index contributed by atoms with van der Waals surface area (Å²) in [5.74, 6) is 0.968. The lowest BCUT2D eigenvalue weighted by molar-refractivity contribution is -0.130. The second kappa shape index (κ2) is 4.92. The highest BCUT2D eigenvalue weighted by molar-refractivity contribution is 5.85. The number of nitrogens with one attached hydrogen (secondary N) is 1. The average Bonchev–Trinajstić information content (AvgIpc) is 2.18. The Kier molecular flexibility index (Phi) is 4.11. The van der Waals surface area contributed by atoms with Crippen LogP contribution in [-0.4, -0.2) is 18.9 Å². The van der Waals surface area contributed by atoms with Crippen LogP contribution in [-0.2, 0) is 4.79 Å². The van der Waals surface area contributed by atoms with Crippen LogP contribution in [0.15, 0.2) is 0 Å². The van der Waals surface area contributed by atoms with Gasteiger partial charge >= 0.3 is 0 Å². The minimum atomic E-state index is -0.0392. The van der Waals surface area contributed by atoms with Crippen LogP contribution in [0.4, 0.5) is 0 Å². The molecule has 1 aliphatic rings. The highest BCUT2D eigenvalue weighted by Crippen LogP contribution is 2.33. The zero-order valence-electron chi connectivity index (χ0n) is 9.73. The van der Waals surface area contributed by atoms with Gasteiger partial charge in [-0.05, 0) is 31.7 Å². The normalized spacial score (nSPS) is 28.0. The summed E-state index contributed by atoms with van der Waals surface area (Å²) in [7, 11) is 0. The molecule has 1 fully saturated rings. The summed E-state index contributed by atoms with van der Waals surface area (Å²) in [6.07, 6.45) is 3.97. The molecule has 0 aliphatic carbocycles. The molecule has 0 amide bonds. The molecule has 0 radical (unpaired) electrons. The minimum absolute atomic E-state index is 0.0392. The lowest BCUT2D eigenvalue weighted by Crippen LogP contribution is -2.45. The number of carbonyl (C=O) groups is 1. The number of Topliss-reactive ketones (excluding diaryl/α,β-unsaturated/α-hetero) is 1. The third kappa shape index (κ3) is 2.57. The molecule has 1 atom stereocenters. The van der Waals surface area contributed by atoms with Crippen molar-refractivity contribution in [1.82, 2.24) is 5.32 Å². The van der Waals surface area contributed by atoms with Gasteiger partial charge in [0, 0.05) is 18.4 Å². The van der Waals surface area contributed by atoms with Gasteiger partial charge in [0.1, 0.15) is 5.78 Å². The van der Waals surface area contributed by atoms with Gasteiger partial charge in [-0.3, -0.25) is 4.79 Å². The Morgan fingerprint density at radius 2 is 2.21 bits per heavy atom. The van der Waals surface area contributed by atoms with Crippen molar-refractivity contribution in [3.63, 3.8) is 0 Å². The zero-order chi connectivity index (χ0) is 10.6. The molecule has 0 saturated carbocycles. The second-order valence-corrected chi connectivity index (χ2v) is 4.94. The first-order valence-electron chi connectivity index (χ1n) is 5.85. The third-order valence-electron chi connectivity index (χ3n) is 3.33. The van der Waals surface area contributed by atoms with E-state index in [-0.39, 0.29) is 5.41 Å². The highest BCUT2D eigenvalue weighted by Gasteiger charge is 2.37. The predicted octanol–water partition coefficient (Wildman–Crippen LogP) is 2.38. The van der Waals surface area contributed by atoms with Crippen molar-refractivity contribution in [2.75, 3.05) is 13.1 Å². The van der Waals surface area contributed by atoms with Crippen molar-refractivity contribution in [2.24, 2.45) is 11.3 Å². The minimum Gasteiger partial charge on any atom is -0.316 e. The number of carbonyl (C=O) groups excluding carboxylic acids is 1. The van der Waals surface area contributed by atoms with Crippen LogP contribution in [0.3, 0.4) is 0 Å². The van der Waals surface area contributed by atoms with E-state index in [9.17, 15) is 4.79 Å². The summed E-state index contributed by atoms with van der Waals surface area (Å²) in [6.45, 7) is 8.37. The molecule has 1 heterocycles. The SMILES string of the molecule is CCC1(C(=O)CC(C)C)CCCNC1. The van der Waals surface area contributed by atoms with E-state index in [2.05, 4.69) is 26.1 Å². The van der Waals surface area contributed by atoms with Gasteiger partial charge < -0.3 is 5.32 Å². The van der Waals surface area contributed by atoms with Gasteiger partial charge in [0.25, 0.3) is 0 Å². The first-order valence-corrected chi connectivity index (χ1v) is 5.85. The first-order chi connectivity index (χ1) is 6.60. The number of hydrogen-bond acceptors (Lipinski definition) is 2. The number of ketones is 1. The summed E-state index contributed by atoms with van der Waals surface area (Å²) in [6, 6.07) is 0. The van der Waals surface area contributed by atoms with Gasteiger partial charge in [0.2, 0.25) is 0 Å². The molecule has 1 unspecified atom stereocenters. The summed E-state index contributed by atoms with van der Waals surface area (Å²) >= 11 is 0. The molecule has 1 rings (SSSR count). The first kappa shape index (κ1) is 11.7. The van der Waals surface area contributed by atoms with Crippen molar-refractivity contribution in [2.45, 2.75) is 46.5 Å². The average molecular weight is 197 g/mol. The van der Waals surface area contributed by atoms with E-state index in [0.717, 1.165) is 38.8 Å². The maximum absolute atomic E-state index is 12.1. The standard InChI is InChI=1S/C12H23NO/c1-4-12(6-5-7-13-9-12)11(14)8-10(2)3/h10,13H,4-9H2,1-3H3. The van der Waals surface area contributed by atoms with Crippen molar-refractivity contribution in [1.29, 1.82) is 0 Å². The summed E-state index contributed by atoms with van der Waals surface area (Å²) < 4.78 is 0. The van der Waals surface area contributed by atoms with Crippen LogP contribution in [0.5, 0.6) is 0 Å². The summed E-state index contributed by atoms with van der Waals surface area (Å²) in [4.78, 5) is 12.1. The van der Waals surface area contributed by atoms with Crippen LogP contribution in [0.2, 0.25) is 0 Å². The van der Waals surface area contributed by atoms with Crippen molar-refractivity contribution in [3.05, 3.63) is 0 Å². The largest absolute Gasteiger partial charge is 0.316 e. The van der Waals surface area contributed by atoms with Crippen LogP contribution in [0, 0.1) is 11.3 Å². The van der Waals surface area contributed by atoms with E-state index in [1.54, 1.807) is 0 Å². The van der Waals surface area contributed by atoms with Crippen LogP contribution < -0.4 is 5.32 Å². The number of rotatable bonds is 4. The van der Waals surface area contributed by atoms with E-state index in [1.165, 1.54) is 0 Å². The smallest absolute Gasteiger partial charge is 0.140 e. The summed E-state index contributed by atoms with van der Waals surface area (Å²) in [5, 5.41) is 3.36. The molecular weight excluding hydrogens is 174 g/mol. The zero-order valence-corrected chi connectivity index (χ0v) is 9.73. The molecule has 0 spiro atoms. The van der Waals surface area contributed by atoms with E-state index >= 15 is 0 Å². The lowest BCUT2D eigenvalue weighted by Gasteiger charge is -2.36. The monoisotopic (exact) mass is 197 g/mol. The highest BCUT2D eigenvalue weighted by atomic mass is 16.1. The van der Waals surface area contributed by atoms with Gasteiger partial charge in [0.05, 0.1) is 0 Å². The fraction of sp³-hybridized carbons (Fsp3) is 0.917. The maximum Gasteiger partial charge on any atom is 0.140 e. The lowest BCUT2D eigenvalue weighted by atomic mass is 9.73. The van der Waals surface area contributed by atoms with Crippen molar-refractivity contribution in [3.8, 4) is 0 Å². The van der Waals surface area contributed by atoms with E-state index in [0.29, 0.717) is 11.7 Å².